The average molecular weight is 223 g/mol. The highest BCUT2D eigenvalue weighted by Gasteiger charge is 2.32. The monoisotopic (exact) mass is 223 g/mol. The third-order valence-electron chi connectivity index (χ3n) is 3.95. The molecule has 0 amide bonds. The van der Waals surface area contributed by atoms with Crippen molar-refractivity contribution in [3.63, 3.8) is 0 Å². The van der Waals surface area contributed by atoms with Gasteiger partial charge in [0.05, 0.1) is 6.33 Å². The van der Waals surface area contributed by atoms with Gasteiger partial charge in [0.1, 0.15) is 0 Å². The summed E-state index contributed by atoms with van der Waals surface area (Å²) >= 11 is 0. The maximum Gasteiger partial charge on any atom is 0.0922 e. The molecular formula is C12H21N3O. The van der Waals surface area contributed by atoms with Crippen LogP contribution in [-0.4, -0.2) is 39.7 Å². The number of hydrogen-bond acceptors (Lipinski definition) is 3. The van der Waals surface area contributed by atoms with Crippen molar-refractivity contribution in [3.8, 4) is 0 Å². The maximum absolute atomic E-state index is 9.45. The first-order valence-electron chi connectivity index (χ1n) is 6.08. The number of aliphatic hydroxyl groups is 1. The van der Waals surface area contributed by atoms with Crippen molar-refractivity contribution < 1.29 is 5.11 Å². The molecule has 0 aromatic carbocycles. The quantitative estimate of drug-likeness (QED) is 0.811. The van der Waals surface area contributed by atoms with Crippen molar-refractivity contribution in [2.75, 3.05) is 19.7 Å². The number of aromatic amines is 1. The van der Waals surface area contributed by atoms with Crippen LogP contribution in [0.25, 0.3) is 0 Å². The Labute approximate surface area is 96.7 Å². The smallest absolute Gasteiger partial charge is 0.0922 e. The maximum atomic E-state index is 9.45. The van der Waals surface area contributed by atoms with Crippen LogP contribution in [0.5, 0.6) is 0 Å². The predicted molar refractivity (Wildman–Crippen MR) is 62.9 cm³/mol. The van der Waals surface area contributed by atoms with Crippen molar-refractivity contribution in [1.29, 1.82) is 0 Å². The molecule has 0 radical (unpaired) electrons. The van der Waals surface area contributed by atoms with Gasteiger partial charge in [0, 0.05) is 25.0 Å². The molecule has 1 fully saturated rings. The molecule has 1 aliphatic rings. The summed E-state index contributed by atoms with van der Waals surface area (Å²) in [6, 6.07) is 0. The zero-order valence-electron chi connectivity index (χ0n) is 9.95. The normalized spacial score (nSPS) is 21.1. The van der Waals surface area contributed by atoms with Crippen molar-refractivity contribution >= 4 is 0 Å². The van der Waals surface area contributed by atoms with Crippen LogP contribution in [0.3, 0.4) is 0 Å². The van der Waals surface area contributed by atoms with E-state index in [-0.39, 0.29) is 5.41 Å². The molecular weight excluding hydrogens is 202 g/mol. The third-order valence-corrected chi connectivity index (χ3v) is 3.95. The van der Waals surface area contributed by atoms with Crippen molar-refractivity contribution in [1.82, 2.24) is 14.9 Å². The zero-order valence-corrected chi connectivity index (χ0v) is 9.95. The van der Waals surface area contributed by atoms with E-state index < -0.39 is 0 Å². The summed E-state index contributed by atoms with van der Waals surface area (Å²) in [6.07, 6.45) is 6.90. The van der Waals surface area contributed by atoms with Gasteiger partial charge in [-0.1, -0.05) is 6.92 Å². The molecule has 0 atom stereocenters. The Hall–Kier alpha value is -0.870. The Balaban J connectivity index is 1.85. The molecule has 2 rings (SSSR count). The summed E-state index contributed by atoms with van der Waals surface area (Å²) in [5.41, 5.74) is 1.36. The molecule has 4 heteroatoms. The first-order chi connectivity index (χ1) is 7.78. The molecule has 0 bridgehead atoms. The van der Waals surface area contributed by atoms with Crippen LogP contribution in [0.1, 0.15) is 31.9 Å². The summed E-state index contributed by atoms with van der Waals surface area (Å²) in [4.78, 5) is 9.59. The molecule has 1 aromatic heterocycles. The number of rotatable bonds is 4. The molecule has 0 saturated carbocycles. The fraction of sp³-hybridized carbons (Fsp3) is 0.750. The SMILES string of the molecule is CCC1(CO)CCN(Cc2cnc[nH]2)CC1. The van der Waals surface area contributed by atoms with Crippen LogP contribution in [-0.2, 0) is 6.54 Å². The molecule has 0 aliphatic carbocycles. The first-order valence-corrected chi connectivity index (χ1v) is 6.08. The van der Waals surface area contributed by atoms with E-state index in [1.807, 2.05) is 6.20 Å². The molecule has 0 spiro atoms. The van der Waals surface area contributed by atoms with Gasteiger partial charge in [-0.2, -0.15) is 0 Å². The van der Waals surface area contributed by atoms with E-state index in [1.54, 1.807) is 6.33 Å². The van der Waals surface area contributed by atoms with Gasteiger partial charge in [-0.3, -0.25) is 4.90 Å². The van der Waals surface area contributed by atoms with E-state index >= 15 is 0 Å². The first kappa shape index (κ1) is 11.6. The minimum Gasteiger partial charge on any atom is -0.396 e. The molecule has 1 saturated heterocycles. The van der Waals surface area contributed by atoms with Gasteiger partial charge in [0.25, 0.3) is 0 Å². The molecule has 1 aromatic rings. The molecule has 0 unspecified atom stereocenters. The van der Waals surface area contributed by atoms with E-state index in [2.05, 4.69) is 21.8 Å². The van der Waals surface area contributed by atoms with Crippen LogP contribution in [0.2, 0.25) is 0 Å². The molecule has 2 N–H and O–H groups in total. The van der Waals surface area contributed by atoms with Crippen molar-refractivity contribution in [2.45, 2.75) is 32.7 Å². The minimum atomic E-state index is 0.185. The summed E-state index contributed by atoms with van der Waals surface area (Å²) < 4.78 is 0. The van der Waals surface area contributed by atoms with Crippen LogP contribution in [0.15, 0.2) is 12.5 Å². The van der Waals surface area contributed by atoms with Crippen LogP contribution < -0.4 is 0 Å². The molecule has 16 heavy (non-hydrogen) atoms. The van der Waals surface area contributed by atoms with Gasteiger partial charge >= 0.3 is 0 Å². The Morgan fingerprint density at radius 3 is 2.75 bits per heavy atom. The second-order valence-electron chi connectivity index (χ2n) is 4.86. The zero-order chi connectivity index (χ0) is 11.4. The Kier molecular flexibility index (Phi) is 3.61. The number of nitrogens with one attached hydrogen (secondary N) is 1. The lowest BCUT2D eigenvalue weighted by Gasteiger charge is -2.40. The van der Waals surface area contributed by atoms with E-state index in [0.29, 0.717) is 6.61 Å². The highest BCUT2D eigenvalue weighted by molar-refractivity contribution is 4.95. The van der Waals surface area contributed by atoms with Gasteiger partial charge in [-0.15, -0.1) is 0 Å². The Bertz CT molecular complexity index is 296. The number of likely N-dealkylation sites (tertiary alicyclic amines) is 1. The fourth-order valence-electron chi connectivity index (χ4n) is 2.42. The van der Waals surface area contributed by atoms with Gasteiger partial charge < -0.3 is 10.1 Å². The van der Waals surface area contributed by atoms with Gasteiger partial charge in [-0.25, -0.2) is 4.98 Å². The lowest BCUT2D eigenvalue weighted by Crippen LogP contribution is -2.41. The number of imidazole rings is 1. The van der Waals surface area contributed by atoms with Crippen LogP contribution in [0.4, 0.5) is 0 Å². The average Bonchev–Trinajstić information content (AvgIpc) is 2.83. The minimum absolute atomic E-state index is 0.185. The standard InChI is InChI=1S/C12H21N3O/c1-2-12(9-16)3-5-15(6-4-12)8-11-7-13-10-14-11/h7,10,16H,2-6,8-9H2,1H3,(H,13,14). The third kappa shape index (κ3) is 2.44. The molecule has 4 nitrogen and oxygen atoms in total. The summed E-state index contributed by atoms with van der Waals surface area (Å²) in [5, 5.41) is 9.45. The van der Waals surface area contributed by atoms with Gasteiger partial charge in [-0.05, 0) is 37.8 Å². The molecule has 1 aliphatic heterocycles. The van der Waals surface area contributed by atoms with Crippen LogP contribution in [0, 0.1) is 5.41 Å². The molecule has 2 heterocycles. The van der Waals surface area contributed by atoms with Crippen molar-refractivity contribution in [3.05, 3.63) is 18.2 Å². The highest BCUT2D eigenvalue weighted by Crippen LogP contribution is 2.34. The number of piperidine rings is 1. The lowest BCUT2D eigenvalue weighted by molar-refractivity contribution is 0.0379. The predicted octanol–water partition coefficient (Wildman–Crippen LogP) is 1.39. The highest BCUT2D eigenvalue weighted by atomic mass is 16.3. The van der Waals surface area contributed by atoms with Gasteiger partial charge in [0.2, 0.25) is 0 Å². The topological polar surface area (TPSA) is 52.1 Å². The lowest BCUT2D eigenvalue weighted by atomic mass is 9.77. The number of hydrogen-bond donors (Lipinski definition) is 2. The fourth-order valence-corrected chi connectivity index (χ4v) is 2.42. The van der Waals surface area contributed by atoms with Crippen LogP contribution >= 0.6 is 0 Å². The summed E-state index contributed by atoms with van der Waals surface area (Å²) in [5.74, 6) is 0. The van der Waals surface area contributed by atoms with E-state index in [0.717, 1.165) is 38.9 Å². The summed E-state index contributed by atoms with van der Waals surface area (Å²) in [6.45, 7) is 5.62. The number of H-pyrrole nitrogens is 1. The Morgan fingerprint density at radius 1 is 1.50 bits per heavy atom. The second-order valence-corrected chi connectivity index (χ2v) is 4.86. The van der Waals surface area contributed by atoms with E-state index in [4.69, 9.17) is 0 Å². The Morgan fingerprint density at radius 2 is 2.25 bits per heavy atom. The number of nitrogens with zero attached hydrogens (tertiary/aromatic N) is 2. The summed E-state index contributed by atoms with van der Waals surface area (Å²) in [7, 11) is 0. The van der Waals surface area contributed by atoms with E-state index in [1.165, 1.54) is 5.69 Å². The van der Waals surface area contributed by atoms with E-state index in [9.17, 15) is 5.11 Å². The van der Waals surface area contributed by atoms with Crippen molar-refractivity contribution in [2.24, 2.45) is 5.41 Å². The largest absolute Gasteiger partial charge is 0.396 e. The number of aromatic nitrogens is 2. The number of aliphatic hydroxyl groups excluding tert-OH is 1. The van der Waals surface area contributed by atoms with Gasteiger partial charge in [0.15, 0.2) is 0 Å². The second kappa shape index (κ2) is 4.97. The molecule has 90 valence electrons.